The average molecular weight is 640 g/mol. The van der Waals surface area contributed by atoms with Gasteiger partial charge in [-0.2, -0.15) is 13.9 Å². The van der Waals surface area contributed by atoms with Crippen molar-refractivity contribution < 1.29 is 37.2 Å². The van der Waals surface area contributed by atoms with Gasteiger partial charge in [0.05, 0.1) is 17.4 Å². The highest BCUT2D eigenvalue weighted by Crippen LogP contribution is 2.35. The lowest BCUT2D eigenvalue weighted by Gasteiger charge is -2.27. The van der Waals surface area contributed by atoms with Crippen molar-refractivity contribution in [1.82, 2.24) is 30.1 Å². The fourth-order valence-electron chi connectivity index (χ4n) is 5.19. The molecule has 4 aromatic rings. The number of carbonyl (C=O) groups excluding carboxylic acids is 5. The van der Waals surface area contributed by atoms with E-state index in [9.17, 15) is 32.8 Å². The molecule has 1 atom stereocenters. The first-order valence-corrected chi connectivity index (χ1v) is 14.3. The molecule has 1 unspecified atom stereocenters. The third-order valence-electron chi connectivity index (χ3n) is 7.38. The van der Waals surface area contributed by atoms with E-state index in [1.807, 2.05) is 0 Å². The number of aromatic nitrogens is 3. The maximum atomic E-state index is 14.2. The Hall–Kier alpha value is -5.18. The smallest absolute Gasteiger partial charge is 0.364 e. The largest absolute Gasteiger partial charge is 0.463 e. The number of benzene rings is 1. The van der Waals surface area contributed by atoms with E-state index in [0.717, 1.165) is 15.5 Å². The van der Waals surface area contributed by atoms with E-state index in [1.165, 1.54) is 24.5 Å². The first kappa shape index (κ1) is 29.9. The molecule has 6 rings (SSSR count). The molecule has 2 aliphatic heterocycles. The van der Waals surface area contributed by atoms with Crippen LogP contribution in [0.15, 0.2) is 53.1 Å². The minimum absolute atomic E-state index is 0.0108. The van der Waals surface area contributed by atoms with E-state index in [2.05, 4.69) is 26.0 Å². The molecule has 1 saturated heterocycles. The van der Waals surface area contributed by atoms with Crippen LogP contribution >= 0.6 is 11.6 Å². The molecule has 16 heteroatoms. The first-order valence-electron chi connectivity index (χ1n) is 13.9. The van der Waals surface area contributed by atoms with Gasteiger partial charge in [-0.3, -0.25) is 34.2 Å². The Kier molecular flexibility index (Phi) is 7.78. The minimum atomic E-state index is -3.79. The Morgan fingerprint density at radius 2 is 1.84 bits per heavy atom. The standard InChI is InChI=1S/C29H24ClF2N7O6/c30-29(31,32)22-13-18(21-4-3-11-45-21)35-23-14-19(37-39(22)23)25(41)34-10-2-1-9-33-15-5-6-16-17(12-15)28(44)38(27(16)43)20-7-8-24(40)36-26(20)42/h3-6,11-14,20,33H,1-2,7-10H2,(H,34,41)(H,36,40,42). The van der Waals surface area contributed by atoms with E-state index < -0.39 is 46.7 Å². The zero-order chi connectivity index (χ0) is 31.9. The van der Waals surface area contributed by atoms with Crippen LogP contribution in [0.5, 0.6) is 0 Å². The highest BCUT2D eigenvalue weighted by molar-refractivity contribution is 6.24. The number of nitrogens with zero attached hydrogens (tertiary/aromatic N) is 4. The SMILES string of the molecule is O=C1CCC(N2C(=O)c3ccc(NCCCCNC(=O)c4cc5nc(-c6ccco6)cc(C(F)(F)Cl)n5n4)cc3C2=O)C(=O)N1. The molecule has 0 spiro atoms. The van der Waals surface area contributed by atoms with Crippen molar-refractivity contribution in [3.63, 3.8) is 0 Å². The van der Waals surface area contributed by atoms with Gasteiger partial charge in [-0.25, -0.2) is 9.50 Å². The lowest BCUT2D eigenvalue weighted by Crippen LogP contribution is -2.54. The highest BCUT2D eigenvalue weighted by Gasteiger charge is 2.44. The van der Waals surface area contributed by atoms with Crippen molar-refractivity contribution in [3.05, 3.63) is 71.2 Å². The number of nitrogens with one attached hydrogen (secondary N) is 3. The topological polar surface area (TPSA) is 168 Å². The van der Waals surface area contributed by atoms with Gasteiger partial charge in [0.25, 0.3) is 17.7 Å². The Morgan fingerprint density at radius 1 is 1.07 bits per heavy atom. The second kappa shape index (κ2) is 11.7. The third-order valence-corrected chi connectivity index (χ3v) is 7.58. The molecule has 0 radical (unpaired) electrons. The lowest BCUT2D eigenvalue weighted by molar-refractivity contribution is -0.136. The van der Waals surface area contributed by atoms with Gasteiger partial charge >= 0.3 is 5.38 Å². The molecule has 232 valence electrons. The molecule has 1 aromatic carbocycles. The first-order chi connectivity index (χ1) is 21.5. The van der Waals surface area contributed by atoms with E-state index in [-0.39, 0.29) is 53.3 Å². The molecular formula is C29H24ClF2N7O6. The summed E-state index contributed by atoms with van der Waals surface area (Å²) >= 11 is 5.31. The fourth-order valence-corrected chi connectivity index (χ4v) is 5.33. The fraction of sp³-hybridized carbons (Fsp3) is 0.276. The molecule has 5 amide bonds. The number of fused-ring (bicyclic) bond motifs is 2. The van der Waals surface area contributed by atoms with Gasteiger partial charge in [-0.1, -0.05) is 0 Å². The average Bonchev–Trinajstić information content (AvgIpc) is 3.73. The number of furan rings is 1. The van der Waals surface area contributed by atoms with Crippen LogP contribution in [0, 0.1) is 0 Å². The minimum Gasteiger partial charge on any atom is -0.463 e. The number of piperidine rings is 1. The third kappa shape index (κ3) is 5.85. The van der Waals surface area contributed by atoms with Crippen LogP contribution in [0.4, 0.5) is 14.5 Å². The van der Waals surface area contributed by atoms with Crippen molar-refractivity contribution >= 4 is 52.5 Å². The van der Waals surface area contributed by atoms with Crippen LogP contribution in [-0.4, -0.2) is 68.2 Å². The molecule has 0 saturated carbocycles. The van der Waals surface area contributed by atoms with E-state index in [1.54, 1.807) is 18.2 Å². The van der Waals surface area contributed by atoms with Crippen molar-refractivity contribution in [3.8, 4) is 11.5 Å². The second-order valence-corrected chi connectivity index (χ2v) is 10.9. The summed E-state index contributed by atoms with van der Waals surface area (Å²) in [6, 6.07) is 9.11. The summed E-state index contributed by atoms with van der Waals surface area (Å²) in [7, 11) is 0. The maximum absolute atomic E-state index is 14.2. The predicted molar refractivity (Wildman–Crippen MR) is 154 cm³/mol. The summed E-state index contributed by atoms with van der Waals surface area (Å²) in [5.74, 6) is -2.64. The number of carbonyl (C=O) groups is 5. The molecule has 13 nitrogen and oxygen atoms in total. The Morgan fingerprint density at radius 3 is 2.58 bits per heavy atom. The van der Waals surface area contributed by atoms with Gasteiger partial charge in [0, 0.05) is 31.3 Å². The number of halogens is 3. The molecule has 0 aliphatic carbocycles. The number of unbranched alkanes of at least 4 members (excludes halogenated alkanes) is 1. The van der Waals surface area contributed by atoms with Gasteiger partial charge in [0.2, 0.25) is 11.8 Å². The normalized spacial score (nSPS) is 16.7. The molecule has 3 N–H and O–H groups in total. The van der Waals surface area contributed by atoms with Gasteiger partial charge in [0.1, 0.15) is 17.4 Å². The van der Waals surface area contributed by atoms with Crippen molar-refractivity contribution in [2.75, 3.05) is 18.4 Å². The zero-order valence-corrected chi connectivity index (χ0v) is 24.1. The predicted octanol–water partition coefficient (Wildman–Crippen LogP) is 3.30. The number of amides is 5. The molecule has 0 bridgehead atoms. The van der Waals surface area contributed by atoms with Gasteiger partial charge in [-0.05, 0) is 67.3 Å². The van der Waals surface area contributed by atoms with Crippen molar-refractivity contribution in [1.29, 1.82) is 0 Å². The Balaban J connectivity index is 1.02. The molecule has 45 heavy (non-hydrogen) atoms. The maximum Gasteiger partial charge on any atom is 0.364 e. The summed E-state index contributed by atoms with van der Waals surface area (Å²) in [6.45, 7) is 0.728. The molecule has 5 heterocycles. The van der Waals surface area contributed by atoms with Gasteiger partial charge < -0.3 is 15.1 Å². The van der Waals surface area contributed by atoms with Crippen LogP contribution in [-0.2, 0) is 15.0 Å². The number of alkyl halides is 3. The lowest BCUT2D eigenvalue weighted by atomic mass is 10.0. The zero-order valence-electron chi connectivity index (χ0n) is 23.3. The number of hydrogen-bond donors (Lipinski definition) is 3. The van der Waals surface area contributed by atoms with E-state index >= 15 is 0 Å². The second-order valence-electron chi connectivity index (χ2n) is 10.4. The van der Waals surface area contributed by atoms with Crippen LogP contribution in [0.25, 0.3) is 17.1 Å². The van der Waals surface area contributed by atoms with Crippen molar-refractivity contribution in [2.45, 2.75) is 37.1 Å². The van der Waals surface area contributed by atoms with Crippen molar-refractivity contribution in [2.24, 2.45) is 0 Å². The Bertz CT molecular complexity index is 1850. The van der Waals surface area contributed by atoms with Crippen LogP contribution in [0.1, 0.15) is 62.6 Å². The summed E-state index contributed by atoms with van der Waals surface area (Å²) in [5.41, 5.74) is 0.225. The quantitative estimate of drug-likeness (QED) is 0.134. The summed E-state index contributed by atoms with van der Waals surface area (Å²) in [5, 5.41) is 8.21. The van der Waals surface area contributed by atoms with Crippen LogP contribution < -0.4 is 16.0 Å². The number of imide groups is 2. The number of anilines is 1. The van der Waals surface area contributed by atoms with Gasteiger partial charge in [0.15, 0.2) is 17.1 Å². The molecule has 2 aliphatic rings. The monoisotopic (exact) mass is 639 g/mol. The van der Waals surface area contributed by atoms with Crippen LogP contribution in [0.3, 0.4) is 0 Å². The summed E-state index contributed by atoms with van der Waals surface area (Å²) < 4.78 is 34.4. The summed E-state index contributed by atoms with van der Waals surface area (Å²) in [6.07, 6.45) is 2.63. The molecule has 3 aromatic heterocycles. The molecule has 1 fully saturated rings. The van der Waals surface area contributed by atoms with Crippen LogP contribution in [0.2, 0.25) is 0 Å². The van der Waals surface area contributed by atoms with E-state index in [4.69, 9.17) is 16.0 Å². The molecular weight excluding hydrogens is 616 g/mol. The summed E-state index contributed by atoms with van der Waals surface area (Å²) in [4.78, 5) is 67.4. The van der Waals surface area contributed by atoms with E-state index in [0.29, 0.717) is 25.1 Å². The number of rotatable bonds is 10. The number of hydrogen-bond acceptors (Lipinski definition) is 9. The highest BCUT2D eigenvalue weighted by atomic mass is 35.5. The Labute approximate surface area is 257 Å². The van der Waals surface area contributed by atoms with Gasteiger partial charge in [-0.15, -0.1) is 0 Å².